The van der Waals surface area contributed by atoms with Crippen LogP contribution in [0.25, 0.3) is 0 Å². The highest BCUT2D eigenvalue weighted by Crippen LogP contribution is 2.23. The minimum Gasteiger partial charge on any atom is -0.497 e. The Kier molecular flexibility index (Phi) is 4.04. The molecule has 0 unspecified atom stereocenters. The fourth-order valence-electron chi connectivity index (χ4n) is 1.91. The number of methoxy groups -OCH3 is 1. The summed E-state index contributed by atoms with van der Waals surface area (Å²) in [6.07, 6.45) is 0. The molecular formula is C12H17ClN2O. The first kappa shape index (κ1) is 11.7. The lowest BCUT2D eigenvalue weighted by molar-refractivity contribution is 0.233. The summed E-state index contributed by atoms with van der Waals surface area (Å²) >= 11 is 6.17. The van der Waals surface area contributed by atoms with Crippen molar-refractivity contribution < 1.29 is 4.74 Å². The zero-order valence-electron chi connectivity index (χ0n) is 9.50. The van der Waals surface area contributed by atoms with Crippen LogP contribution < -0.4 is 10.1 Å². The van der Waals surface area contributed by atoms with E-state index in [0.29, 0.717) is 0 Å². The van der Waals surface area contributed by atoms with E-state index in [9.17, 15) is 0 Å². The number of benzene rings is 1. The van der Waals surface area contributed by atoms with Crippen LogP contribution in [0.2, 0.25) is 5.02 Å². The first-order chi connectivity index (χ1) is 7.79. The number of ether oxygens (including phenoxy) is 1. The van der Waals surface area contributed by atoms with E-state index >= 15 is 0 Å². The summed E-state index contributed by atoms with van der Waals surface area (Å²) in [6, 6.07) is 5.81. The van der Waals surface area contributed by atoms with Gasteiger partial charge in [0.25, 0.3) is 0 Å². The van der Waals surface area contributed by atoms with Crippen molar-refractivity contribution in [3.63, 3.8) is 0 Å². The average Bonchev–Trinajstić information content (AvgIpc) is 2.33. The van der Waals surface area contributed by atoms with Crippen LogP contribution in [0.4, 0.5) is 0 Å². The molecule has 0 amide bonds. The predicted octanol–water partition coefficient (Wildman–Crippen LogP) is 1.75. The van der Waals surface area contributed by atoms with E-state index in [4.69, 9.17) is 16.3 Å². The summed E-state index contributed by atoms with van der Waals surface area (Å²) in [7, 11) is 1.68. The fraction of sp³-hybridized carbons (Fsp3) is 0.500. The van der Waals surface area contributed by atoms with Crippen LogP contribution >= 0.6 is 11.6 Å². The maximum Gasteiger partial charge on any atom is 0.119 e. The molecule has 1 N–H and O–H groups in total. The third kappa shape index (κ3) is 2.88. The van der Waals surface area contributed by atoms with Gasteiger partial charge in [0, 0.05) is 37.7 Å². The lowest BCUT2D eigenvalue weighted by Gasteiger charge is -2.27. The Hall–Kier alpha value is -0.770. The SMILES string of the molecule is COc1ccc(Cl)c(CN2CCNCC2)c1. The van der Waals surface area contributed by atoms with Crippen molar-refractivity contribution in [2.75, 3.05) is 33.3 Å². The fourth-order valence-corrected chi connectivity index (χ4v) is 2.09. The standard InChI is InChI=1S/C12H17ClN2O/c1-16-11-2-3-12(13)10(8-11)9-15-6-4-14-5-7-15/h2-3,8,14H,4-7,9H2,1H3. The molecule has 1 saturated heterocycles. The van der Waals surface area contributed by atoms with Crippen LogP contribution in [0, 0.1) is 0 Å². The molecule has 1 aliphatic heterocycles. The summed E-state index contributed by atoms with van der Waals surface area (Å²) in [5, 5.41) is 4.16. The monoisotopic (exact) mass is 240 g/mol. The quantitative estimate of drug-likeness (QED) is 0.872. The number of halogens is 1. The van der Waals surface area contributed by atoms with Gasteiger partial charge >= 0.3 is 0 Å². The summed E-state index contributed by atoms with van der Waals surface area (Å²) in [5.41, 5.74) is 1.14. The highest BCUT2D eigenvalue weighted by atomic mass is 35.5. The summed E-state index contributed by atoms with van der Waals surface area (Å²) < 4.78 is 5.21. The Morgan fingerprint density at radius 1 is 1.38 bits per heavy atom. The number of piperazine rings is 1. The molecule has 0 atom stereocenters. The number of nitrogens with one attached hydrogen (secondary N) is 1. The van der Waals surface area contributed by atoms with Gasteiger partial charge in [0.2, 0.25) is 0 Å². The molecule has 0 aromatic heterocycles. The van der Waals surface area contributed by atoms with Gasteiger partial charge in [-0.25, -0.2) is 0 Å². The molecule has 1 aliphatic rings. The van der Waals surface area contributed by atoms with Crippen molar-refractivity contribution >= 4 is 11.6 Å². The van der Waals surface area contributed by atoms with Crippen molar-refractivity contribution in [2.45, 2.75) is 6.54 Å². The van der Waals surface area contributed by atoms with Crippen LogP contribution in [0.1, 0.15) is 5.56 Å². The van der Waals surface area contributed by atoms with Gasteiger partial charge in [-0.1, -0.05) is 11.6 Å². The van der Waals surface area contributed by atoms with E-state index < -0.39 is 0 Å². The van der Waals surface area contributed by atoms with E-state index in [-0.39, 0.29) is 0 Å². The first-order valence-electron chi connectivity index (χ1n) is 5.55. The summed E-state index contributed by atoms with van der Waals surface area (Å²) in [4.78, 5) is 2.40. The average molecular weight is 241 g/mol. The van der Waals surface area contributed by atoms with Gasteiger partial charge in [-0.2, -0.15) is 0 Å². The second-order valence-electron chi connectivity index (χ2n) is 3.98. The topological polar surface area (TPSA) is 24.5 Å². The van der Waals surface area contributed by atoms with E-state index in [1.54, 1.807) is 7.11 Å². The predicted molar refractivity (Wildman–Crippen MR) is 66.2 cm³/mol. The Balaban J connectivity index is 2.06. The second kappa shape index (κ2) is 5.53. The van der Waals surface area contributed by atoms with Gasteiger partial charge in [-0.15, -0.1) is 0 Å². The second-order valence-corrected chi connectivity index (χ2v) is 4.39. The van der Waals surface area contributed by atoms with E-state index in [1.165, 1.54) is 0 Å². The molecular weight excluding hydrogens is 224 g/mol. The van der Waals surface area contributed by atoms with E-state index in [0.717, 1.165) is 49.1 Å². The molecule has 3 nitrogen and oxygen atoms in total. The van der Waals surface area contributed by atoms with Crippen LogP contribution in [0.5, 0.6) is 5.75 Å². The van der Waals surface area contributed by atoms with Gasteiger partial charge in [-0.3, -0.25) is 4.90 Å². The zero-order valence-corrected chi connectivity index (χ0v) is 10.3. The minimum absolute atomic E-state index is 0.819. The molecule has 0 radical (unpaired) electrons. The van der Waals surface area contributed by atoms with Gasteiger partial charge in [-0.05, 0) is 23.8 Å². The van der Waals surface area contributed by atoms with Crippen molar-refractivity contribution in [2.24, 2.45) is 0 Å². The highest BCUT2D eigenvalue weighted by molar-refractivity contribution is 6.31. The van der Waals surface area contributed by atoms with Crippen LogP contribution in [-0.2, 0) is 6.54 Å². The van der Waals surface area contributed by atoms with Gasteiger partial charge in [0.15, 0.2) is 0 Å². The first-order valence-corrected chi connectivity index (χ1v) is 5.93. The Labute approximate surface area is 101 Å². The molecule has 2 rings (SSSR count). The molecule has 16 heavy (non-hydrogen) atoms. The molecule has 1 aromatic carbocycles. The largest absolute Gasteiger partial charge is 0.497 e. The van der Waals surface area contributed by atoms with Crippen LogP contribution in [0.15, 0.2) is 18.2 Å². The summed E-state index contributed by atoms with van der Waals surface area (Å²) in [5.74, 6) is 0.870. The maximum atomic E-state index is 6.17. The Bertz CT molecular complexity index is 351. The van der Waals surface area contributed by atoms with Crippen molar-refractivity contribution in [3.8, 4) is 5.75 Å². The normalized spacial score (nSPS) is 17.4. The number of hydrogen-bond donors (Lipinski definition) is 1. The molecule has 1 heterocycles. The number of rotatable bonds is 3. The Morgan fingerprint density at radius 3 is 2.81 bits per heavy atom. The number of hydrogen-bond acceptors (Lipinski definition) is 3. The lowest BCUT2D eigenvalue weighted by Crippen LogP contribution is -2.42. The smallest absolute Gasteiger partial charge is 0.119 e. The molecule has 0 aliphatic carbocycles. The van der Waals surface area contributed by atoms with Crippen molar-refractivity contribution in [3.05, 3.63) is 28.8 Å². The zero-order chi connectivity index (χ0) is 11.4. The van der Waals surface area contributed by atoms with Gasteiger partial charge in [0.1, 0.15) is 5.75 Å². The minimum atomic E-state index is 0.819. The molecule has 0 spiro atoms. The molecule has 0 saturated carbocycles. The number of nitrogens with zero attached hydrogens (tertiary/aromatic N) is 1. The molecule has 1 fully saturated rings. The van der Waals surface area contributed by atoms with E-state index in [1.807, 2.05) is 18.2 Å². The van der Waals surface area contributed by atoms with Crippen LogP contribution in [-0.4, -0.2) is 38.2 Å². The lowest BCUT2D eigenvalue weighted by atomic mass is 10.2. The third-order valence-electron chi connectivity index (χ3n) is 2.86. The Morgan fingerprint density at radius 2 is 2.12 bits per heavy atom. The maximum absolute atomic E-state index is 6.17. The van der Waals surface area contributed by atoms with Crippen molar-refractivity contribution in [1.82, 2.24) is 10.2 Å². The highest BCUT2D eigenvalue weighted by Gasteiger charge is 2.12. The van der Waals surface area contributed by atoms with E-state index in [2.05, 4.69) is 10.2 Å². The summed E-state index contributed by atoms with van der Waals surface area (Å²) in [6.45, 7) is 5.17. The molecule has 0 bridgehead atoms. The van der Waals surface area contributed by atoms with Crippen molar-refractivity contribution in [1.29, 1.82) is 0 Å². The van der Waals surface area contributed by atoms with Gasteiger partial charge in [0.05, 0.1) is 7.11 Å². The molecule has 88 valence electrons. The molecule has 4 heteroatoms. The van der Waals surface area contributed by atoms with Crippen LogP contribution in [0.3, 0.4) is 0 Å². The van der Waals surface area contributed by atoms with Gasteiger partial charge < -0.3 is 10.1 Å². The third-order valence-corrected chi connectivity index (χ3v) is 3.23. The molecule has 1 aromatic rings.